The van der Waals surface area contributed by atoms with E-state index >= 15 is 0 Å². The van der Waals surface area contributed by atoms with E-state index in [4.69, 9.17) is 0 Å². The Balaban J connectivity index is 4.41. The predicted molar refractivity (Wildman–Crippen MR) is 83.1 cm³/mol. The number of hydrogen-bond acceptors (Lipinski definition) is 2. The third-order valence-electron chi connectivity index (χ3n) is 4.28. The SMILES string of the molecule is CC(CNC(C)(C)C)C(C)N(C)C(C)C(C)(C)C. The van der Waals surface area contributed by atoms with Crippen molar-refractivity contribution < 1.29 is 0 Å². The minimum atomic E-state index is 0.211. The number of hydrogen-bond donors (Lipinski definition) is 1. The summed E-state index contributed by atoms with van der Waals surface area (Å²) in [7, 11) is 2.26. The Morgan fingerprint density at radius 3 is 1.72 bits per heavy atom. The van der Waals surface area contributed by atoms with Crippen molar-refractivity contribution in [1.29, 1.82) is 0 Å². The van der Waals surface area contributed by atoms with Crippen LogP contribution in [0.3, 0.4) is 0 Å². The standard InChI is InChI=1S/C16H36N2/c1-12(11-17-16(7,8)9)13(2)18(10)14(3)15(4,5)6/h12-14,17H,11H2,1-10H3. The summed E-state index contributed by atoms with van der Waals surface area (Å²) in [5.74, 6) is 0.652. The molecule has 0 aromatic carbocycles. The molecular formula is C16H36N2. The maximum Gasteiger partial charge on any atom is 0.0115 e. The Labute approximate surface area is 116 Å². The van der Waals surface area contributed by atoms with Crippen LogP contribution in [-0.2, 0) is 0 Å². The van der Waals surface area contributed by atoms with Crippen LogP contribution in [0.1, 0.15) is 62.3 Å². The van der Waals surface area contributed by atoms with Gasteiger partial charge in [0.25, 0.3) is 0 Å². The molecule has 0 bridgehead atoms. The van der Waals surface area contributed by atoms with Gasteiger partial charge in [0.2, 0.25) is 0 Å². The number of nitrogens with one attached hydrogen (secondary N) is 1. The van der Waals surface area contributed by atoms with Gasteiger partial charge in [-0.3, -0.25) is 0 Å². The van der Waals surface area contributed by atoms with Gasteiger partial charge in [-0.2, -0.15) is 0 Å². The summed E-state index contributed by atoms with van der Waals surface area (Å²) in [6, 6.07) is 1.18. The van der Waals surface area contributed by atoms with Crippen molar-refractivity contribution in [2.24, 2.45) is 11.3 Å². The molecule has 3 unspecified atom stereocenters. The molecule has 0 aliphatic heterocycles. The van der Waals surface area contributed by atoms with Gasteiger partial charge in [0.15, 0.2) is 0 Å². The van der Waals surface area contributed by atoms with E-state index in [1.165, 1.54) is 0 Å². The molecule has 110 valence electrons. The van der Waals surface area contributed by atoms with Gasteiger partial charge < -0.3 is 10.2 Å². The van der Waals surface area contributed by atoms with E-state index in [0.717, 1.165) is 6.54 Å². The molecule has 0 saturated carbocycles. The maximum atomic E-state index is 3.61. The fraction of sp³-hybridized carbons (Fsp3) is 1.00. The van der Waals surface area contributed by atoms with Crippen LogP contribution in [0, 0.1) is 11.3 Å². The molecule has 2 nitrogen and oxygen atoms in total. The second kappa shape index (κ2) is 6.38. The molecule has 0 amide bonds. The Kier molecular flexibility index (Phi) is 6.35. The molecule has 3 atom stereocenters. The van der Waals surface area contributed by atoms with Crippen molar-refractivity contribution in [2.45, 2.75) is 79.9 Å². The summed E-state index contributed by atoms with van der Waals surface area (Å²) in [5, 5.41) is 3.61. The number of nitrogens with zero attached hydrogens (tertiary/aromatic N) is 1. The van der Waals surface area contributed by atoms with E-state index in [-0.39, 0.29) is 5.54 Å². The Bertz CT molecular complexity index is 234. The molecule has 0 spiro atoms. The molecule has 0 fully saturated rings. The molecule has 1 N–H and O–H groups in total. The smallest absolute Gasteiger partial charge is 0.0115 e. The minimum Gasteiger partial charge on any atom is -0.312 e. The fourth-order valence-corrected chi connectivity index (χ4v) is 2.00. The summed E-state index contributed by atoms with van der Waals surface area (Å²) < 4.78 is 0. The minimum absolute atomic E-state index is 0.211. The lowest BCUT2D eigenvalue weighted by Gasteiger charge is -2.41. The highest BCUT2D eigenvalue weighted by Gasteiger charge is 2.29. The zero-order valence-electron chi connectivity index (χ0n) is 14.4. The van der Waals surface area contributed by atoms with Crippen molar-refractivity contribution in [3.63, 3.8) is 0 Å². The van der Waals surface area contributed by atoms with Crippen LogP contribution in [0.2, 0.25) is 0 Å². The first-order valence-corrected chi connectivity index (χ1v) is 7.33. The van der Waals surface area contributed by atoms with Crippen LogP contribution in [0.4, 0.5) is 0 Å². The normalized spacial score (nSPS) is 18.8. The highest BCUT2D eigenvalue weighted by Crippen LogP contribution is 2.26. The second-order valence-corrected chi connectivity index (χ2v) is 8.06. The van der Waals surface area contributed by atoms with Crippen molar-refractivity contribution in [1.82, 2.24) is 10.2 Å². The van der Waals surface area contributed by atoms with E-state index in [1.807, 2.05) is 0 Å². The van der Waals surface area contributed by atoms with Gasteiger partial charge in [-0.05, 0) is 59.5 Å². The summed E-state index contributed by atoms with van der Waals surface area (Å²) in [5.41, 5.74) is 0.544. The molecule has 0 aliphatic carbocycles. The third-order valence-corrected chi connectivity index (χ3v) is 4.28. The van der Waals surface area contributed by atoms with Crippen molar-refractivity contribution in [3.05, 3.63) is 0 Å². The lowest BCUT2D eigenvalue weighted by molar-refractivity contribution is 0.0780. The molecule has 18 heavy (non-hydrogen) atoms. The first kappa shape index (κ1) is 17.9. The average molecular weight is 256 g/mol. The van der Waals surface area contributed by atoms with Crippen LogP contribution < -0.4 is 5.32 Å². The zero-order valence-corrected chi connectivity index (χ0v) is 14.4. The zero-order chi connectivity index (χ0) is 14.7. The predicted octanol–water partition coefficient (Wildman–Crippen LogP) is 3.77. The second-order valence-electron chi connectivity index (χ2n) is 8.06. The maximum absolute atomic E-state index is 3.61. The van der Waals surface area contributed by atoms with Gasteiger partial charge >= 0.3 is 0 Å². The van der Waals surface area contributed by atoms with Gasteiger partial charge in [-0.25, -0.2) is 0 Å². The monoisotopic (exact) mass is 256 g/mol. The van der Waals surface area contributed by atoms with Crippen molar-refractivity contribution >= 4 is 0 Å². The van der Waals surface area contributed by atoms with E-state index < -0.39 is 0 Å². The largest absolute Gasteiger partial charge is 0.312 e. The van der Waals surface area contributed by atoms with Gasteiger partial charge in [-0.1, -0.05) is 27.7 Å². The van der Waals surface area contributed by atoms with E-state index in [1.54, 1.807) is 0 Å². The summed E-state index contributed by atoms with van der Waals surface area (Å²) in [6.45, 7) is 21.7. The molecule has 0 saturated heterocycles. The van der Waals surface area contributed by atoms with Gasteiger partial charge in [0.05, 0.1) is 0 Å². The molecule has 0 aromatic rings. The fourth-order valence-electron chi connectivity index (χ4n) is 2.00. The molecular weight excluding hydrogens is 220 g/mol. The first-order valence-electron chi connectivity index (χ1n) is 7.33. The third kappa shape index (κ3) is 6.19. The molecule has 0 rings (SSSR count). The van der Waals surface area contributed by atoms with Gasteiger partial charge in [0, 0.05) is 17.6 Å². The van der Waals surface area contributed by atoms with Crippen LogP contribution >= 0.6 is 0 Å². The Morgan fingerprint density at radius 1 is 0.944 bits per heavy atom. The van der Waals surface area contributed by atoms with Crippen LogP contribution in [0.5, 0.6) is 0 Å². The van der Waals surface area contributed by atoms with Crippen LogP contribution in [0.15, 0.2) is 0 Å². The lowest BCUT2D eigenvalue weighted by atomic mass is 9.85. The van der Waals surface area contributed by atoms with E-state index in [0.29, 0.717) is 23.4 Å². The number of rotatable bonds is 5. The van der Waals surface area contributed by atoms with E-state index in [2.05, 4.69) is 79.6 Å². The Morgan fingerprint density at radius 2 is 1.39 bits per heavy atom. The molecule has 0 heterocycles. The lowest BCUT2D eigenvalue weighted by Crippen LogP contribution is -2.49. The highest BCUT2D eigenvalue weighted by molar-refractivity contribution is 4.84. The van der Waals surface area contributed by atoms with Crippen LogP contribution in [-0.4, -0.2) is 36.1 Å². The summed E-state index contributed by atoms with van der Waals surface area (Å²) in [4.78, 5) is 2.52. The van der Waals surface area contributed by atoms with E-state index in [9.17, 15) is 0 Å². The summed E-state index contributed by atoms with van der Waals surface area (Å²) in [6.07, 6.45) is 0. The van der Waals surface area contributed by atoms with Crippen LogP contribution in [0.25, 0.3) is 0 Å². The molecule has 2 heteroatoms. The van der Waals surface area contributed by atoms with Crippen molar-refractivity contribution in [2.75, 3.05) is 13.6 Å². The van der Waals surface area contributed by atoms with Gasteiger partial charge in [0.1, 0.15) is 0 Å². The van der Waals surface area contributed by atoms with Gasteiger partial charge in [-0.15, -0.1) is 0 Å². The molecule has 0 radical (unpaired) electrons. The topological polar surface area (TPSA) is 15.3 Å². The molecule has 0 aromatic heterocycles. The average Bonchev–Trinajstić information content (AvgIpc) is 2.20. The van der Waals surface area contributed by atoms with Crippen molar-refractivity contribution in [3.8, 4) is 0 Å². The quantitative estimate of drug-likeness (QED) is 0.805. The first-order chi connectivity index (χ1) is 7.86. The molecule has 0 aliphatic rings. The Hall–Kier alpha value is -0.0800. The summed E-state index contributed by atoms with van der Waals surface area (Å²) >= 11 is 0. The highest BCUT2D eigenvalue weighted by atomic mass is 15.2.